The minimum atomic E-state index is -4.48. The minimum absolute atomic E-state index is 0.134. The van der Waals surface area contributed by atoms with Crippen LogP contribution in [0.3, 0.4) is 0 Å². The van der Waals surface area contributed by atoms with Crippen LogP contribution in [0.4, 0.5) is 16.2 Å². The first-order valence-electron chi connectivity index (χ1n) is 12.9. The van der Waals surface area contributed by atoms with E-state index >= 15 is 4.39 Å². The van der Waals surface area contributed by atoms with Crippen molar-refractivity contribution in [1.82, 2.24) is 44.5 Å². The smallest absolute Gasteiger partial charge is 0.386 e. The van der Waals surface area contributed by atoms with Gasteiger partial charge < -0.3 is 35.9 Å². The number of nitrogen functional groups attached to an aromatic ring is 2. The average Bonchev–Trinajstić information content (AvgIpc) is 3.72. The number of imidazole rings is 1. The number of nitrogens with two attached hydrogens (primary N) is 2. The maximum atomic E-state index is 15.4. The lowest BCUT2D eigenvalue weighted by Gasteiger charge is -2.29. The van der Waals surface area contributed by atoms with Gasteiger partial charge in [-0.25, -0.2) is 23.9 Å². The highest BCUT2D eigenvalue weighted by Crippen LogP contribution is 2.58. The van der Waals surface area contributed by atoms with Crippen LogP contribution in [0.25, 0.3) is 22.3 Å². The van der Waals surface area contributed by atoms with E-state index in [9.17, 15) is 19.6 Å². The van der Waals surface area contributed by atoms with Crippen molar-refractivity contribution >= 4 is 53.1 Å². The van der Waals surface area contributed by atoms with Crippen LogP contribution in [0.1, 0.15) is 19.4 Å². The summed E-state index contributed by atoms with van der Waals surface area (Å²) in [5.41, 5.74) is 9.41. The summed E-state index contributed by atoms with van der Waals surface area (Å²) in [6.45, 7) is -4.37. The Morgan fingerprint density at radius 1 is 1.23 bits per heavy atom. The summed E-state index contributed by atoms with van der Waals surface area (Å²) >= 11 is 4.01. The molecular formula is C21H27FN11O9PS. The number of aliphatic hydroxyl groups is 2. The minimum Gasteiger partial charge on any atom is -0.394 e. The number of alkyl halides is 1. The predicted molar refractivity (Wildman–Crippen MR) is 149 cm³/mol. The van der Waals surface area contributed by atoms with Crippen molar-refractivity contribution in [3.8, 4) is 0 Å². The number of anilines is 2. The highest BCUT2D eigenvalue weighted by atomic mass is 32.7. The van der Waals surface area contributed by atoms with E-state index in [-0.39, 0.29) is 22.9 Å². The number of rotatable bonds is 9. The Labute approximate surface area is 250 Å². The van der Waals surface area contributed by atoms with E-state index in [0.717, 1.165) is 4.68 Å². The molecule has 0 bridgehead atoms. The molecule has 0 spiro atoms. The second-order valence-corrected chi connectivity index (χ2v) is 13.1. The van der Waals surface area contributed by atoms with Gasteiger partial charge in [-0.3, -0.25) is 23.4 Å². The van der Waals surface area contributed by atoms with Crippen LogP contribution < -0.4 is 17.0 Å². The number of hydrogen-bond donors (Lipinski definition) is 6. The maximum absolute atomic E-state index is 15.4. The molecule has 20 nitrogen and oxygen atoms in total. The Kier molecular flexibility index (Phi) is 7.83. The molecule has 4 aromatic rings. The van der Waals surface area contributed by atoms with Crippen LogP contribution in [0, 0.1) is 0 Å². The number of fused-ring (bicyclic) bond motifs is 2. The standard InChI is InChI=1S/C21H27FN11O9PS/c1-21(13(35)12(38-2)18(41-21)32-6-27-9-14(23)25-5-26-15(9)32)4-39-43(37,44)42-11-8(22)7(3-34)40-19(11)33-16-10(30-31-33)17(36)29-20(24)28-16/h5-8,11-13,18-19,34-35H,3-4H2,1-2H3,(H,37,44)(H2,23,25,26)(H3,24,28,29,36)/t7-,8+,11-,12-,13+,18+,19-,21-,43?/m1/s1. The predicted octanol–water partition coefficient (Wildman–Crippen LogP) is -1.15. The maximum Gasteiger partial charge on any atom is 0.386 e. The Bertz CT molecular complexity index is 1810. The van der Waals surface area contributed by atoms with Gasteiger partial charge in [0.15, 0.2) is 41.3 Å². The quantitative estimate of drug-likeness (QED) is 0.0914. The molecule has 1 unspecified atom stereocenters. The first kappa shape index (κ1) is 30.7. The first-order valence-corrected chi connectivity index (χ1v) is 15.6. The van der Waals surface area contributed by atoms with Crippen LogP contribution in [0.5, 0.6) is 0 Å². The van der Waals surface area contributed by atoms with E-state index in [4.69, 9.17) is 34.7 Å². The number of aromatic nitrogens is 9. The summed E-state index contributed by atoms with van der Waals surface area (Å²) in [5, 5.41) is 28.3. The lowest BCUT2D eigenvalue weighted by atomic mass is 9.98. The summed E-state index contributed by atoms with van der Waals surface area (Å²) in [4.78, 5) is 30.7. The number of thiol groups is 1. The second-order valence-electron chi connectivity index (χ2n) is 10.2. The zero-order chi connectivity index (χ0) is 31.6. The van der Waals surface area contributed by atoms with Crippen molar-refractivity contribution in [2.75, 3.05) is 31.8 Å². The van der Waals surface area contributed by atoms with Gasteiger partial charge in [-0.15, -0.1) is 5.10 Å². The van der Waals surface area contributed by atoms with Gasteiger partial charge in [0.1, 0.15) is 41.9 Å². The lowest BCUT2D eigenvalue weighted by Crippen LogP contribution is -2.44. The number of nitrogens with one attached hydrogen (secondary N) is 1. The number of halogens is 1. The van der Waals surface area contributed by atoms with Gasteiger partial charge in [-0.2, -0.15) is 9.67 Å². The molecule has 6 rings (SSSR count). The highest BCUT2D eigenvalue weighted by Gasteiger charge is 2.55. The van der Waals surface area contributed by atoms with Gasteiger partial charge in [0.05, 0.1) is 19.5 Å². The third-order valence-electron chi connectivity index (χ3n) is 7.35. The van der Waals surface area contributed by atoms with E-state index in [2.05, 4.69) is 47.5 Å². The Morgan fingerprint density at radius 2 is 2.00 bits per heavy atom. The molecule has 0 saturated carbocycles. The number of aliphatic hydroxyl groups excluding tert-OH is 2. The van der Waals surface area contributed by atoms with E-state index in [1.54, 1.807) is 0 Å². The van der Waals surface area contributed by atoms with Gasteiger partial charge in [-0.05, 0) is 6.92 Å². The van der Waals surface area contributed by atoms with Crippen LogP contribution in [-0.4, -0.2) is 111 Å². The number of methoxy groups -OCH3 is 1. The number of ether oxygens (including phenoxy) is 3. The Hall–Kier alpha value is -3.34. The molecule has 0 aliphatic carbocycles. The molecule has 2 saturated heterocycles. The molecule has 0 radical (unpaired) electrons. The van der Waals surface area contributed by atoms with Gasteiger partial charge in [-0.1, -0.05) is 17.5 Å². The summed E-state index contributed by atoms with van der Waals surface area (Å²) in [6.07, 6.45) is -7.47. The number of aromatic amines is 1. The van der Waals surface area contributed by atoms with Crippen molar-refractivity contribution in [2.45, 2.75) is 55.6 Å². The van der Waals surface area contributed by atoms with Crippen molar-refractivity contribution in [3.05, 3.63) is 23.0 Å². The van der Waals surface area contributed by atoms with Gasteiger partial charge >= 0.3 is 6.80 Å². The molecule has 0 aromatic carbocycles. The summed E-state index contributed by atoms with van der Waals surface area (Å²) in [5.74, 6) is -0.148. The normalized spacial score (nSPS) is 32.1. The molecule has 7 N–H and O–H groups in total. The van der Waals surface area contributed by atoms with Crippen molar-refractivity contribution in [1.29, 1.82) is 0 Å². The molecule has 9 atom stereocenters. The fourth-order valence-electron chi connectivity index (χ4n) is 5.13. The molecule has 2 fully saturated rings. The summed E-state index contributed by atoms with van der Waals surface area (Å²) in [6, 6.07) is 0. The third-order valence-corrected chi connectivity index (χ3v) is 8.94. The zero-order valence-electron chi connectivity index (χ0n) is 22.9. The van der Waals surface area contributed by atoms with Gasteiger partial charge in [0.25, 0.3) is 5.56 Å². The molecule has 0 amide bonds. The van der Waals surface area contributed by atoms with Gasteiger partial charge in [0.2, 0.25) is 5.95 Å². The fourth-order valence-corrected chi connectivity index (χ4v) is 6.63. The van der Waals surface area contributed by atoms with E-state index in [1.807, 2.05) is 0 Å². The number of H-pyrrole nitrogens is 1. The van der Waals surface area contributed by atoms with Crippen LogP contribution in [0.15, 0.2) is 17.4 Å². The zero-order valence-corrected chi connectivity index (χ0v) is 24.7. The van der Waals surface area contributed by atoms with Crippen LogP contribution >= 0.6 is 19.0 Å². The Morgan fingerprint density at radius 3 is 2.73 bits per heavy atom. The van der Waals surface area contributed by atoms with Crippen LogP contribution in [-0.2, 0) is 27.8 Å². The monoisotopic (exact) mass is 659 g/mol. The molecule has 44 heavy (non-hydrogen) atoms. The molecule has 4 aromatic heterocycles. The largest absolute Gasteiger partial charge is 0.394 e. The van der Waals surface area contributed by atoms with Crippen molar-refractivity contribution in [2.24, 2.45) is 0 Å². The molecule has 2 aliphatic heterocycles. The van der Waals surface area contributed by atoms with Crippen molar-refractivity contribution in [3.63, 3.8) is 0 Å². The molecular weight excluding hydrogens is 632 g/mol. The molecule has 238 valence electrons. The molecule has 2 aliphatic rings. The molecule has 23 heteroatoms. The van der Waals surface area contributed by atoms with Crippen LogP contribution in [0.2, 0.25) is 0 Å². The SMILES string of the molecule is CO[C@H]1[C@@H](n2cnc3c(N)ncnc32)O[C@](C)(COP(=O)(S)O[C@@H]2[C@@H](F)[C@@H](CO)O[C@H]2n2nnc3c(=O)[nH]c(N)nc32)[C@H]1O. The number of nitrogens with zero attached hydrogens (tertiary/aromatic N) is 8. The summed E-state index contributed by atoms with van der Waals surface area (Å²) in [7, 11) is 1.36. The average molecular weight is 660 g/mol. The molecule has 6 heterocycles. The second kappa shape index (κ2) is 11.2. The van der Waals surface area contributed by atoms with Gasteiger partial charge in [0, 0.05) is 7.11 Å². The highest BCUT2D eigenvalue weighted by molar-refractivity contribution is 8.44. The first-order chi connectivity index (χ1) is 20.9. The Balaban J connectivity index is 1.23. The number of hydrogen-bond acceptors (Lipinski definition) is 17. The lowest BCUT2D eigenvalue weighted by molar-refractivity contribution is -0.113. The third kappa shape index (κ3) is 5.10. The van der Waals surface area contributed by atoms with E-state index in [0.29, 0.717) is 11.2 Å². The van der Waals surface area contributed by atoms with Crippen molar-refractivity contribution < 1.29 is 42.4 Å². The van der Waals surface area contributed by atoms with E-state index < -0.39 is 74.2 Å². The summed E-state index contributed by atoms with van der Waals surface area (Å²) < 4.78 is 59.4. The topological polar surface area (TPSA) is 276 Å². The fraction of sp³-hybridized carbons (Fsp3) is 0.571. The van der Waals surface area contributed by atoms with E-state index in [1.165, 1.54) is 31.3 Å².